The van der Waals surface area contributed by atoms with Gasteiger partial charge in [-0.15, -0.1) is 0 Å². The molecule has 0 unspecified atom stereocenters. The zero-order valence-electron chi connectivity index (χ0n) is 11.3. The van der Waals surface area contributed by atoms with Crippen molar-refractivity contribution < 1.29 is 9.53 Å². The van der Waals surface area contributed by atoms with Gasteiger partial charge in [-0.1, -0.05) is 6.92 Å². The molecule has 5 heteroatoms. The molecule has 0 aliphatic carbocycles. The first-order chi connectivity index (χ1) is 8.43. The summed E-state index contributed by atoms with van der Waals surface area (Å²) in [6.07, 6.45) is 0.354. The van der Waals surface area contributed by atoms with Crippen LogP contribution < -0.4 is 15.5 Å². The smallest absolute Gasteiger partial charge is 0.219 e. The molecule has 1 heterocycles. The van der Waals surface area contributed by atoms with Crippen LogP contribution in [0.1, 0.15) is 38.4 Å². The lowest BCUT2D eigenvalue weighted by Crippen LogP contribution is -2.26. The maximum Gasteiger partial charge on any atom is 0.219 e. The molecule has 0 aliphatic rings. The Morgan fingerprint density at radius 2 is 2.17 bits per heavy atom. The fourth-order valence-electron chi connectivity index (χ4n) is 1.50. The summed E-state index contributed by atoms with van der Waals surface area (Å²) in [5.74, 6) is 0.344. The fourth-order valence-corrected chi connectivity index (χ4v) is 1.50. The van der Waals surface area contributed by atoms with Gasteiger partial charge in [0.15, 0.2) is 11.3 Å². The van der Waals surface area contributed by atoms with Crippen LogP contribution in [0.4, 0.5) is 0 Å². The lowest BCUT2D eigenvalue weighted by atomic mass is 10.2. The summed E-state index contributed by atoms with van der Waals surface area (Å²) in [6.45, 7) is 7.51. The molecule has 5 nitrogen and oxygen atoms in total. The topological polar surface area (TPSA) is 71.2 Å². The molecule has 0 spiro atoms. The van der Waals surface area contributed by atoms with Gasteiger partial charge in [0.2, 0.25) is 5.91 Å². The molecular weight excluding hydrogens is 232 g/mol. The van der Waals surface area contributed by atoms with Crippen molar-refractivity contribution in [3.63, 3.8) is 0 Å². The second-order valence-electron chi connectivity index (χ2n) is 4.42. The van der Waals surface area contributed by atoms with E-state index in [1.807, 2.05) is 13.8 Å². The van der Waals surface area contributed by atoms with E-state index in [0.717, 1.165) is 5.69 Å². The van der Waals surface area contributed by atoms with E-state index in [9.17, 15) is 9.59 Å². The number of aryl methyl sites for hydroxylation is 1. The predicted molar refractivity (Wildman–Crippen MR) is 69.7 cm³/mol. The van der Waals surface area contributed by atoms with Crippen LogP contribution in [0.3, 0.4) is 0 Å². The summed E-state index contributed by atoms with van der Waals surface area (Å²) in [6, 6.07) is 1.50. The molecule has 0 saturated carbocycles. The van der Waals surface area contributed by atoms with Gasteiger partial charge in [0.25, 0.3) is 0 Å². The molecule has 0 atom stereocenters. The first-order valence-corrected chi connectivity index (χ1v) is 6.10. The standard InChI is InChI=1S/C13H20N2O3/c1-5-12(17)14-7-10-11(16)6-9(4)15-13(10)18-8(2)3/h6,8H,5,7H2,1-4H3,(H,14,17)(H,15,16). The average molecular weight is 252 g/mol. The fraction of sp³-hybridized carbons (Fsp3) is 0.538. The quantitative estimate of drug-likeness (QED) is 0.834. The van der Waals surface area contributed by atoms with E-state index in [1.165, 1.54) is 6.07 Å². The molecule has 1 rings (SSSR count). The number of H-pyrrole nitrogens is 1. The van der Waals surface area contributed by atoms with Crippen molar-refractivity contribution in [2.24, 2.45) is 0 Å². The maximum absolute atomic E-state index is 11.9. The van der Waals surface area contributed by atoms with Crippen molar-refractivity contribution in [2.75, 3.05) is 0 Å². The second-order valence-corrected chi connectivity index (χ2v) is 4.42. The Hall–Kier alpha value is -1.78. The van der Waals surface area contributed by atoms with Gasteiger partial charge in [0.1, 0.15) is 0 Å². The lowest BCUT2D eigenvalue weighted by molar-refractivity contribution is -0.120. The largest absolute Gasteiger partial charge is 0.476 e. The highest BCUT2D eigenvalue weighted by Crippen LogP contribution is 2.13. The normalized spacial score (nSPS) is 10.5. The molecule has 0 aromatic carbocycles. The summed E-state index contributed by atoms with van der Waals surface area (Å²) < 4.78 is 5.57. The van der Waals surface area contributed by atoms with Crippen LogP contribution in [0.5, 0.6) is 5.88 Å². The molecule has 0 radical (unpaired) electrons. The molecule has 0 aliphatic heterocycles. The van der Waals surface area contributed by atoms with Crippen molar-refractivity contribution in [3.05, 3.63) is 27.5 Å². The lowest BCUT2D eigenvalue weighted by Gasteiger charge is -2.14. The van der Waals surface area contributed by atoms with Crippen LogP contribution in [0, 0.1) is 6.92 Å². The van der Waals surface area contributed by atoms with E-state index in [0.29, 0.717) is 17.9 Å². The summed E-state index contributed by atoms with van der Waals surface area (Å²) >= 11 is 0. The molecule has 1 amide bonds. The monoisotopic (exact) mass is 252 g/mol. The number of carbonyl (C=O) groups excluding carboxylic acids is 1. The molecule has 1 aromatic heterocycles. The Kier molecular flexibility index (Phi) is 4.95. The van der Waals surface area contributed by atoms with Gasteiger partial charge < -0.3 is 15.0 Å². The van der Waals surface area contributed by atoms with Gasteiger partial charge in [-0.3, -0.25) is 9.59 Å². The van der Waals surface area contributed by atoms with E-state index in [4.69, 9.17) is 4.74 Å². The number of rotatable bonds is 5. The van der Waals surface area contributed by atoms with Crippen molar-refractivity contribution >= 4 is 5.91 Å². The van der Waals surface area contributed by atoms with E-state index in [1.54, 1.807) is 13.8 Å². The van der Waals surface area contributed by atoms with Crippen LogP contribution in [0.2, 0.25) is 0 Å². The molecule has 100 valence electrons. The number of aromatic nitrogens is 1. The highest BCUT2D eigenvalue weighted by molar-refractivity contribution is 5.75. The Morgan fingerprint density at radius 3 is 2.72 bits per heavy atom. The molecule has 0 fully saturated rings. The number of hydrogen-bond acceptors (Lipinski definition) is 3. The number of aromatic amines is 1. The van der Waals surface area contributed by atoms with E-state index < -0.39 is 0 Å². The van der Waals surface area contributed by atoms with E-state index >= 15 is 0 Å². The SMILES string of the molecule is CCC(=O)NCc1c(OC(C)C)[nH]c(C)cc1=O. The summed E-state index contributed by atoms with van der Waals surface area (Å²) in [4.78, 5) is 26.1. The summed E-state index contributed by atoms with van der Waals surface area (Å²) in [5.41, 5.74) is 1.07. The van der Waals surface area contributed by atoms with Crippen LogP contribution >= 0.6 is 0 Å². The van der Waals surface area contributed by atoms with E-state index in [-0.39, 0.29) is 24.0 Å². The molecule has 0 bridgehead atoms. The van der Waals surface area contributed by atoms with Crippen molar-refractivity contribution in [2.45, 2.75) is 46.8 Å². The van der Waals surface area contributed by atoms with Gasteiger partial charge in [0.05, 0.1) is 18.2 Å². The number of carbonyl (C=O) groups is 1. The second kappa shape index (κ2) is 6.23. The van der Waals surface area contributed by atoms with Crippen LogP contribution in [0.15, 0.2) is 10.9 Å². The molecular formula is C13H20N2O3. The highest BCUT2D eigenvalue weighted by Gasteiger charge is 2.12. The minimum Gasteiger partial charge on any atom is -0.476 e. The third kappa shape index (κ3) is 3.91. The predicted octanol–water partition coefficient (Wildman–Crippen LogP) is 1.50. The number of nitrogens with one attached hydrogen (secondary N) is 2. The van der Waals surface area contributed by atoms with Gasteiger partial charge in [-0.05, 0) is 20.8 Å². The first-order valence-electron chi connectivity index (χ1n) is 6.10. The third-order valence-corrected chi connectivity index (χ3v) is 2.37. The molecule has 0 saturated heterocycles. The van der Waals surface area contributed by atoms with Gasteiger partial charge >= 0.3 is 0 Å². The van der Waals surface area contributed by atoms with Crippen molar-refractivity contribution in [1.82, 2.24) is 10.3 Å². The number of hydrogen-bond donors (Lipinski definition) is 2. The van der Waals surface area contributed by atoms with E-state index in [2.05, 4.69) is 10.3 Å². The average Bonchev–Trinajstić information content (AvgIpc) is 2.26. The summed E-state index contributed by atoms with van der Waals surface area (Å²) in [7, 11) is 0. The molecule has 1 aromatic rings. The van der Waals surface area contributed by atoms with Crippen LogP contribution in [-0.4, -0.2) is 17.0 Å². The van der Waals surface area contributed by atoms with Crippen molar-refractivity contribution in [3.8, 4) is 5.88 Å². The first kappa shape index (κ1) is 14.3. The van der Waals surface area contributed by atoms with Crippen LogP contribution in [0.25, 0.3) is 0 Å². The molecule has 2 N–H and O–H groups in total. The zero-order valence-corrected chi connectivity index (χ0v) is 11.3. The number of amides is 1. The Bertz CT molecular complexity index is 478. The minimum absolute atomic E-state index is 0.0388. The number of ether oxygens (including phenoxy) is 1. The Balaban J connectivity index is 3.00. The Morgan fingerprint density at radius 1 is 1.50 bits per heavy atom. The Labute approximate surface area is 107 Å². The minimum atomic E-state index is -0.127. The summed E-state index contributed by atoms with van der Waals surface area (Å²) in [5, 5.41) is 2.68. The van der Waals surface area contributed by atoms with Gasteiger partial charge in [-0.2, -0.15) is 0 Å². The number of pyridine rings is 1. The van der Waals surface area contributed by atoms with Gasteiger partial charge in [-0.25, -0.2) is 0 Å². The zero-order chi connectivity index (χ0) is 13.7. The maximum atomic E-state index is 11.9. The van der Waals surface area contributed by atoms with Crippen LogP contribution in [-0.2, 0) is 11.3 Å². The third-order valence-electron chi connectivity index (χ3n) is 2.37. The van der Waals surface area contributed by atoms with Gasteiger partial charge in [0, 0.05) is 18.2 Å². The molecule has 18 heavy (non-hydrogen) atoms. The highest BCUT2D eigenvalue weighted by atomic mass is 16.5. The van der Waals surface area contributed by atoms with Crippen molar-refractivity contribution in [1.29, 1.82) is 0 Å².